The first-order valence-corrected chi connectivity index (χ1v) is 6.16. The van der Waals surface area contributed by atoms with E-state index in [0.29, 0.717) is 0 Å². The van der Waals surface area contributed by atoms with Gasteiger partial charge in [0, 0.05) is 25.2 Å². The molecule has 2 rings (SSSR count). The number of hydrogen-bond acceptors (Lipinski definition) is 4. The van der Waals surface area contributed by atoms with Crippen molar-refractivity contribution in [2.24, 2.45) is 0 Å². The van der Waals surface area contributed by atoms with E-state index in [0.717, 1.165) is 21.9 Å². The van der Waals surface area contributed by atoms with Gasteiger partial charge in [0.2, 0.25) is 0 Å². The number of anilines is 1. The molecule has 0 amide bonds. The summed E-state index contributed by atoms with van der Waals surface area (Å²) < 4.78 is 2.64. The Kier molecular flexibility index (Phi) is 3.42. The highest BCUT2D eigenvalue weighted by atomic mass is 79.9. The highest BCUT2D eigenvalue weighted by molar-refractivity contribution is 9.10. The Balaban J connectivity index is 2.49. The van der Waals surface area contributed by atoms with Crippen LogP contribution in [0.4, 0.5) is 5.82 Å². The van der Waals surface area contributed by atoms with Gasteiger partial charge in [-0.25, -0.2) is 14.6 Å². The lowest BCUT2D eigenvalue weighted by Crippen LogP contribution is -2.07. The molecule has 2 heterocycles. The molecule has 0 aliphatic rings. The lowest BCUT2D eigenvalue weighted by atomic mass is 10.2. The van der Waals surface area contributed by atoms with E-state index in [2.05, 4.69) is 50.2 Å². The maximum absolute atomic E-state index is 4.49. The van der Waals surface area contributed by atoms with Crippen LogP contribution in [0.1, 0.15) is 25.6 Å². The van der Waals surface area contributed by atoms with Crippen molar-refractivity contribution in [3.8, 4) is 5.82 Å². The molecule has 0 atom stereocenters. The van der Waals surface area contributed by atoms with Gasteiger partial charge in [-0.05, 0) is 15.9 Å². The molecule has 0 saturated heterocycles. The third-order valence-electron chi connectivity index (χ3n) is 2.29. The van der Waals surface area contributed by atoms with Crippen molar-refractivity contribution < 1.29 is 0 Å². The Morgan fingerprint density at radius 2 is 2.12 bits per heavy atom. The van der Waals surface area contributed by atoms with E-state index < -0.39 is 0 Å². The first-order valence-electron chi connectivity index (χ1n) is 5.37. The molecule has 0 aliphatic carbocycles. The smallest absolute Gasteiger partial charge is 0.159 e. The summed E-state index contributed by atoms with van der Waals surface area (Å²) in [6.45, 7) is 4.13. The zero-order valence-electron chi connectivity index (χ0n) is 9.98. The van der Waals surface area contributed by atoms with E-state index in [4.69, 9.17) is 0 Å². The minimum atomic E-state index is 0.279. The summed E-state index contributed by atoms with van der Waals surface area (Å²) in [6, 6.07) is 1.87. The van der Waals surface area contributed by atoms with Gasteiger partial charge < -0.3 is 5.32 Å². The summed E-state index contributed by atoms with van der Waals surface area (Å²) in [6.07, 6.45) is 3.60. The highest BCUT2D eigenvalue weighted by Gasteiger charge is 2.09. The molecule has 0 aromatic carbocycles. The molecule has 1 N–H and O–H groups in total. The Bertz CT molecular complexity index is 520. The predicted octanol–water partition coefficient (Wildman–Crippen LogP) is 2.59. The molecule has 2 aromatic rings. The molecular formula is C11H14BrN5. The lowest BCUT2D eigenvalue weighted by molar-refractivity contribution is 0.747. The van der Waals surface area contributed by atoms with Crippen molar-refractivity contribution in [1.29, 1.82) is 0 Å². The third kappa shape index (κ3) is 2.63. The number of nitrogens with one attached hydrogen (secondary N) is 1. The van der Waals surface area contributed by atoms with E-state index in [1.54, 1.807) is 10.9 Å². The van der Waals surface area contributed by atoms with E-state index in [1.165, 1.54) is 0 Å². The molecule has 0 fully saturated rings. The molecule has 0 bridgehead atoms. The van der Waals surface area contributed by atoms with E-state index >= 15 is 0 Å². The quantitative estimate of drug-likeness (QED) is 0.946. The van der Waals surface area contributed by atoms with Crippen molar-refractivity contribution >= 4 is 21.7 Å². The van der Waals surface area contributed by atoms with Crippen LogP contribution in [0.5, 0.6) is 0 Å². The Hall–Kier alpha value is -1.43. The van der Waals surface area contributed by atoms with Gasteiger partial charge in [-0.3, -0.25) is 0 Å². The summed E-state index contributed by atoms with van der Waals surface area (Å²) in [5.74, 6) is 2.64. The number of halogens is 1. The first-order chi connectivity index (χ1) is 8.10. The molecule has 0 aliphatic heterocycles. The number of aromatic nitrogens is 4. The summed E-state index contributed by atoms with van der Waals surface area (Å²) in [4.78, 5) is 8.90. The average Bonchev–Trinajstić information content (AvgIpc) is 2.75. The highest BCUT2D eigenvalue weighted by Crippen LogP contribution is 2.17. The fraction of sp³-hybridized carbons (Fsp3) is 0.364. The van der Waals surface area contributed by atoms with Gasteiger partial charge in [0.25, 0.3) is 0 Å². The largest absolute Gasteiger partial charge is 0.373 e. The number of rotatable bonds is 3. The zero-order valence-corrected chi connectivity index (χ0v) is 11.6. The summed E-state index contributed by atoms with van der Waals surface area (Å²) in [5.41, 5.74) is 0. The second-order valence-corrected chi connectivity index (χ2v) is 4.89. The van der Waals surface area contributed by atoms with E-state index in [9.17, 15) is 0 Å². The van der Waals surface area contributed by atoms with Crippen LogP contribution in [0.15, 0.2) is 22.9 Å². The van der Waals surface area contributed by atoms with Gasteiger partial charge in [0.1, 0.15) is 11.6 Å². The van der Waals surface area contributed by atoms with Crippen LogP contribution in [-0.4, -0.2) is 26.8 Å². The molecule has 5 nitrogen and oxygen atoms in total. The molecule has 0 spiro atoms. The van der Waals surface area contributed by atoms with Crippen LogP contribution < -0.4 is 5.32 Å². The molecule has 90 valence electrons. The monoisotopic (exact) mass is 295 g/mol. The second kappa shape index (κ2) is 4.83. The Morgan fingerprint density at radius 3 is 2.65 bits per heavy atom. The van der Waals surface area contributed by atoms with Gasteiger partial charge in [0.15, 0.2) is 5.82 Å². The molecule has 0 unspecified atom stereocenters. The first kappa shape index (κ1) is 12.0. The van der Waals surface area contributed by atoms with Gasteiger partial charge in [-0.15, -0.1) is 0 Å². The minimum absolute atomic E-state index is 0.279. The Labute approximate surface area is 108 Å². The van der Waals surface area contributed by atoms with Crippen molar-refractivity contribution in [2.75, 3.05) is 12.4 Å². The molecule has 0 radical (unpaired) electrons. The maximum atomic E-state index is 4.49. The van der Waals surface area contributed by atoms with Gasteiger partial charge in [-0.1, -0.05) is 13.8 Å². The standard InChI is InChI=1S/C11H14BrN5/c1-7(2)11-15-9(13-3)4-10(16-11)17-6-8(12)5-14-17/h4-7H,1-3H3,(H,13,15,16). The third-order valence-corrected chi connectivity index (χ3v) is 2.70. The van der Waals surface area contributed by atoms with Gasteiger partial charge >= 0.3 is 0 Å². The second-order valence-electron chi connectivity index (χ2n) is 3.98. The maximum Gasteiger partial charge on any atom is 0.159 e. The van der Waals surface area contributed by atoms with Crippen LogP contribution in [-0.2, 0) is 0 Å². The minimum Gasteiger partial charge on any atom is -0.373 e. The number of hydrogen-bond donors (Lipinski definition) is 1. The van der Waals surface area contributed by atoms with Crippen molar-refractivity contribution in [3.63, 3.8) is 0 Å². The fourth-order valence-corrected chi connectivity index (χ4v) is 1.67. The summed E-state index contributed by atoms with van der Waals surface area (Å²) in [5, 5.41) is 7.25. The zero-order chi connectivity index (χ0) is 12.4. The number of nitrogens with zero attached hydrogens (tertiary/aromatic N) is 4. The van der Waals surface area contributed by atoms with Crippen LogP contribution >= 0.6 is 15.9 Å². The Morgan fingerprint density at radius 1 is 1.35 bits per heavy atom. The van der Waals surface area contributed by atoms with E-state index in [1.807, 2.05) is 19.3 Å². The van der Waals surface area contributed by atoms with Gasteiger partial charge in [0.05, 0.1) is 10.7 Å². The van der Waals surface area contributed by atoms with Crippen LogP contribution in [0.2, 0.25) is 0 Å². The average molecular weight is 296 g/mol. The van der Waals surface area contributed by atoms with Gasteiger partial charge in [-0.2, -0.15) is 5.10 Å². The topological polar surface area (TPSA) is 55.6 Å². The van der Waals surface area contributed by atoms with E-state index in [-0.39, 0.29) is 5.92 Å². The normalized spacial score (nSPS) is 10.9. The van der Waals surface area contributed by atoms with Crippen molar-refractivity contribution in [3.05, 3.63) is 28.8 Å². The summed E-state index contributed by atoms with van der Waals surface area (Å²) >= 11 is 3.37. The molecular weight excluding hydrogens is 282 g/mol. The predicted molar refractivity (Wildman–Crippen MR) is 70.5 cm³/mol. The molecule has 6 heteroatoms. The van der Waals surface area contributed by atoms with Crippen LogP contribution in [0.3, 0.4) is 0 Å². The SMILES string of the molecule is CNc1cc(-n2cc(Br)cn2)nc(C(C)C)n1. The summed E-state index contributed by atoms with van der Waals surface area (Å²) in [7, 11) is 1.84. The fourth-order valence-electron chi connectivity index (χ4n) is 1.38. The van der Waals surface area contributed by atoms with Crippen LogP contribution in [0, 0.1) is 0 Å². The molecule has 17 heavy (non-hydrogen) atoms. The lowest BCUT2D eigenvalue weighted by Gasteiger charge is -2.09. The van der Waals surface area contributed by atoms with Crippen molar-refractivity contribution in [1.82, 2.24) is 19.7 Å². The molecule has 0 saturated carbocycles. The van der Waals surface area contributed by atoms with Crippen LogP contribution in [0.25, 0.3) is 5.82 Å². The van der Waals surface area contributed by atoms with Crippen molar-refractivity contribution in [2.45, 2.75) is 19.8 Å². The molecule has 2 aromatic heterocycles.